The molecular weight excluding hydrogens is 122 g/mol. The van der Waals surface area contributed by atoms with Gasteiger partial charge in [0.15, 0.2) is 0 Å². The Morgan fingerprint density at radius 3 is 3.00 bits per heavy atom. The average Bonchev–Trinajstić information content (AvgIpc) is 2.31. The minimum absolute atomic E-state index is 1.01. The predicted octanol–water partition coefficient (Wildman–Crippen LogP) is 2.17. The summed E-state index contributed by atoms with van der Waals surface area (Å²) in [5, 5.41) is 0. The molecule has 1 rings (SSSR count). The number of allylic oxidation sites excluding steroid dienone is 3. The molecule has 0 aliphatic carbocycles. The van der Waals surface area contributed by atoms with E-state index in [2.05, 4.69) is 24.6 Å². The number of rotatable bonds is 2. The maximum Gasteiger partial charge on any atom is 0.0175 e. The van der Waals surface area contributed by atoms with Gasteiger partial charge in [-0.2, -0.15) is 0 Å². The Morgan fingerprint density at radius 1 is 1.70 bits per heavy atom. The molecule has 0 aromatic carbocycles. The molecule has 1 heteroatoms. The van der Waals surface area contributed by atoms with Gasteiger partial charge >= 0.3 is 0 Å². The first-order valence-corrected chi connectivity index (χ1v) is 3.85. The third kappa shape index (κ3) is 1.63. The van der Waals surface area contributed by atoms with Crippen molar-refractivity contribution in [2.24, 2.45) is 0 Å². The van der Waals surface area contributed by atoms with E-state index in [9.17, 15) is 0 Å². The maximum absolute atomic E-state index is 3.68. The van der Waals surface area contributed by atoms with E-state index >= 15 is 0 Å². The van der Waals surface area contributed by atoms with Crippen LogP contribution in [-0.2, 0) is 0 Å². The van der Waals surface area contributed by atoms with Crippen molar-refractivity contribution >= 4 is 0 Å². The van der Waals surface area contributed by atoms with Gasteiger partial charge in [-0.05, 0) is 19.3 Å². The van der Waals surface area contributed by atoms with Crippen molar-refractivity contribution < 1.29 is 0 Å². The summed E-state index contributed by atoms with van der Waals surface area (Å²) in [6.45, 7) is 4.91. The summed E-state index contributed by atoms with van der Waals surface area (Å²) in [4.78, 5) is 2.32. The Kier molecular flexibility index (Phi) is 2.55. The van der Waals surface area contributed by atoms with Gasteiger partial charge in [0.25, 0.3) is 0 Å². The molecule has 0 aromatic heterocycles. The second kappa shape index (κ2) is 3.45. The standard InChI is InChI=1S/C9H15N/c1-3-4-6-9-7-5-8-10(9)2/h3,6H,1,4-5,7-8H2,2H3. The van der Waals surface area contributed by atoms with Gasteiger partial charge in [-0.1, -0.05) is 12.2 Å². The SMILES string of the molecule is C=CCC=C1CCCN1C. The number of likely N-dealkylation sites (tertiary alicyclic amines) is 1. The van der Waals surface area contributed by atoms with E-state index in [-0.39, 0.29) is 0 Å². The van der Waals surface area contributed by atoms with E-state index in [4.69, 9.17) is 0 Å². The van der Waals surface area contributed by atoms with Crippen LogP contribution in [0.15, 0.2) is 24.4 Å². The van der Waals surface area contributed by atoms with E-state index in [0.29, 0.717) is 0 Å². The minimum atomic E-state index is 1.01. The zero-order chi connectivity index (χ0) is 7.40. The van der Waals surface area contributed by atoms with Gasteiger partial charge in [-0.15, -0.1) is 6.58 Å². The fraction of sp³-hybridized carbons (Fsp3) is 0.556. The predicted molar refractivity (Wildman–Crippen MR) is 44.8 cm³/mol. The van der Waals surface area contributed by atoms with E-state index < -0.39 is 0 Å². The van der Waals surface area contributed by atoms with Gasteiger partial charge < -0.3 is 4.90 Å². The lowest BCUT2D eigenvalue weighted by Crippen LogP contribution is -2.09. The van der Waals surface area contributed by atoms with Crippen molar-refractivity contribution in [3.8, 4) is 0 Å². The van der Waals surface area contributed by atoms with Crippen LogP contribution in [0.25, 0.3) is 0 Å². The lowest BCUT2D eigenvalue weighted by Gasteiger charge is -2.11. The summed E-state index contributed by atoms with van der Waals surface area (Å²) in [6.07, 6.45) is 7.79. The second-order valence-electron chi connectivity index (χ2n) is 2.74. The smallest absolute Gasteiger partial charge is 0.0175 e. The molecule has 1 fully saturated rings. The van der Waals surface area contributed by atoms with E-state index in [0.717, 1.165) is 6.42 Å². The van der Waals surface area contributed by atoms with Crippen LogP contribution in [0.1, 0.15) is 19.3 Å². The summed E-state index contributed by atoms with van der Waals surface area (Å²) in [7, 11) is 2.15. The highest BCUT2D eigenvalue weighted by Gasteiger charge is 2.10. The highest BCUT2D eigenvalue weighted by atomic mass is 15.1. The Labute approximate surface area is 63.0 Å². The topological polar surface area (TPSA) is 3.24 Å². The lowest BCUT2D eigenvalue weighted by molar-refractivity contribution is 0.479. The molecule has 0 saturated carbocycles. The highest BCUT2D eigenvalue weighted by Crippen LogP contribution is 2.18. The minimum Gasteiger partial charge on any atom is -0.378 e. The van der Waals surface area contributed by atoms with Crippen molar-refractivity contribution in [1.29, 1.82) is 0 Å². The van der Waals surface area contributed by atoms with Crippen molar-refractivity contribution in [3.05, 3.63) is 24.4 Å². The first-order chi connectivity index (χ1) is 4.84. The van der Waals surface area contributed by atoms with Crippen LogP contribution in [0.2, 0.25) is 0 Å². The van der Waals surface area contributed by atoms with E-state index in [1.165, 1.54) is 25.1 Å². The van der Waals surface area contributed by atoms with Crippen LogP contribution in [-0.4, -0.2) is 18.5 Å². The zero-order valence-electron chi connectivity index (χ0n) is 6.64. The fourth-order valence-electron chi connectivity index (χ4n) is 1.31. The molecule has 0 unspecified atom stereocenters. The molecule has 0 radical (unpaired) electrons. The molecule has 10 heavy (non-hydrogen) atoms. The van der Waals surface area contributed by atoms with Crippen LogP contribution in [0.4, 0.5) is 0 Å². The molecule has 1 aliphatic rings. The van der Waals surface area contributed by atoms with Crippen molar-refractivity contribution in [2.45, 2.75) is 19.3 Å². The maximum atomic E-state index is 3.68. The largest absolute Gasteiger partial charge is 0.378 e. The Morgan fingerprint density at radius 2 is 2.50 bits per heavy atom. The van der Waals surface area contributed by atoms with Crippen molar-refractivity contribution in [3.63, 3.8) is 0 Å². The Balaban J connectivity index is 2.45. The zero-order valence-corrected chi connectivity index (χ0v) is 6.64. The molecule has 1 heterocycles. The molecule has 0 N–H and O–H groups in total. The summed E-state index contributed by atoms with van der Waals surface area (Å²) in [5.41, 5.74) is 1.49. The lowest BCUT2D eigenvalue weighted by atomic mass is 10.2. The summed E-state index contributed by atoms with van der Waals surface area (Å²) < 4.78 is 0. The first kappa shape index (κ1) is 7.39. The van der Waals surface area contributed by atoms with Crippen LogP contribution < -0.4 is 0 Å². The highest BCUT2D eigenvalue weighted by molar-refractivity contribution is 5.06. The van der Waals surface area contributed by atoms with Gasteiger partial charge in [-0.3, -0.25) is 0 Å². The molecule has 56 valence electrons. The monoisotopic (exact) mass is 137 g/mol. The second-order valence-corrected chi connectivity index (χ2v) is 2.74. The van der Waals surface area contributed by atoms with Crippen LogP contribution in [0, 0.1) is 0 Å². The van der Waals surface area contributed by atoms with Crippen LogP contribution >= 0.6 is 0 Å². The van der Waals surface area contributed by atoms with Gasteiger partial charge in [-0.25, -0.2) is 0 Å². The van der Waals surface area contributed by atoms with E-state index in [1.54, 1.807) is 0 Å². The molecule has 0 spiro atoms. The Bertz CT molecular complexity index is 147. The van der Waals surface area contributed by atoms with Gasteiger partial charge in [0.05, 0.1) is 0 Å². The molecule has 0 aromatic rings. The molecule has 1 nitrogen and oxygen atoms in total. The molecule has 0 bridgehead atoms. The third-order valence-corrected chi connectivity index (χ3v) is 1.94. The quantitative estimate of drug-likeness (QED) is 0.527. The molecule has 0 atom stereocenters. The molecular formula is C9H15N. The van der Waals surface area contributed by atoms with Crippen molar-refractivity contribution in [2.75, 3.05) is 13.6 Å². The van der Waals surface area contributed by atoms with Crippen LogP contribution in [0.3, 0.4) is 0 Å². The van der Waals surface area contributed by atoms with E-state index in [1.807, 2.05) is 6.08 Å². The summed E-state index contributed by atoms with van der Waals surface area (Å²) in [5.74, 6) is 0. The third-order valence-electron chi connectivity index (χ3n) is 1.94. The number of hydrogen-bond donors (Lipinski definition) is 0. The first-order valence-electron chi connectivity index (χ1n) is 3.85. The average molecular weight is 137 g/mol. The number of hydrogen-bond acceptors (Lipinski definition) is 1. The van der Waals surface area contributed by atoms with Crippen molar-refractivity contribution in [1.82, 2.24) is 4.90 Å². The molecule has 1 aliphatic heterocycles. The number of nitrogens with zero attached hydrogens (tertiary/aromatic N) is 1. The van der Waals surface area contributed by atoms with Gasteiger partial charge in [0.2, 0.25) is 0 Å². The molecule has 0 amide bonds. The summed E-state index contributed by atoms with van der Waals surface area (Å²) in [6, 6.07) is 0. The summed E-state index contributed by atoms with van der Waals surface area (Å²) >= 11 is 0. The van der Waals surface area contributed by atoms with Gasteiger partial charge in [0.1, 0.15) is 0 Å². The Hall–Kier alpha value is -0.720. The molecule has 1 saturated heterocycles. The normalized spacial score (nSPS) is 22.1. The van der Waals surface area contributed by atoms with Crippen LogP contribution in [0.5, 0.6) is 0 Å². The fourth-order valence-corrected chi connectivity index (χ4v) is 1.31. The van der Waals surface area contributed by atoms with Gasteiger partial charge in [0, 0.05) is 19.3 Å².